The number of halogens is 4. The molecule has 1 aromatic carbocycles. The Morgan fingerprint density at radius 2 is 1.65 bits per heavy atom. The largest absolute Gasteiger partial charge is 0.393 e. The van der Waals surface area contributed by atoms with E-state index in [1.807, 2.05) is 0 Å². The zero-order valence-corrected chi connectivity index (χ0v) is 8.62. The summed E-state index contributed by atoms with van der Waals surface area (Å²) < 4.78 is 58.2. The summed E-state index contributed by atoms with van der Waals surface area (Å²) in [7, 11) is 0. The van der Waals surface area contributed by atoms with Crippen molar-refractivity contribution >= 4 is 0 Å². The zero-order chi connectivity index (χ0) is 12.7. The Bertz CT molecular complexity index is 394. The molecular weight excluding hydrogens is 240 g/mol. The monoisotopic (exact) mass is 250 g/mol. The fourth-order valence-electron chi connectivity index (χ4n) is 1.80. The van der Waals surface area contributed by atoms with Gasteiger partial charge in [0.25, 0.3) is 0 Å². The van der Waals surface area contributed by atoms with Gasteiger partial charge in [-0.3, -0.25) is 0 Å². The molecule has 1 aliphatic rings. The molecule has 0 aromatic heterocycles. The van der Waals surface area contributed by atoms with Crippen molar-refractivity contribution in [3.63, 3.8) is 0 Å². The van der Waals surface area contributed by atoms with Crippen LogP contribution >= 0.6 is 0 Å². The molecule has 0 unspecified atom stereocenters. The van der Waals surface area contributed by atoms with Gasteiger partial charge in [0.2, 0.25) is 0 Å². The second-order valence-electron chi connectivity index (χ2n) is 3.84. The number of benzene rings is 1. The van der Waals surface area contributed by atoms with E-state index >= 15 is 0 Å². The molecule has 1 heterocycles. The smallest absolute Gasteiger partial charge is 0.342 e. The van der Waals surface area contributed by atoms with Gasteiger partial charge in [0, 0.05) is 0 Å². The summed E-state index contributed by atoms with van der Waals surface area (Å²) in [5.74, 6) is -8.70. The number of rotatable bonds is 2. The van der Waals surface area contributed by atoms with E-state index in [0.29, 0.717) is 0 Å². The molecule has 1 fully saturated rings. The van der Waals surface area contributed by atoms with Crippen LogP contribution < -0.4 is 0 Å². The van der Waals surface area contributed by atoms with Crippen LogP contribution in [0.5, 0.6) is 0 Å². The van der Waals surface area contributed by atoms with Crippen molar-refractivity contribution in [1.29, 1.82) is 0 Å². The van der Waals surface area contributed by atoms with Gasteiger partial charge in [-0.2, -0.15) is 17.6 Å². The molecule has 1 aromatic rings. The van der Waals surface area contributed by atoms with E-state index in [0.717, 1.165) is 0 Å². The molecular formula is C11H10F4O2. The standard InChI is InChI=1S/C11H10F4O2/c12-10(13)8(6-16)17-9(11(10,14)15)7-4-2-1-3-5-7/h1-5,8-9,16H,6H2/t8-,9-/m1/s1. The molecule has 6 heteroatoms. The molecule has 0 aliphatic carbocycles. The van der Waals surface area contributed by atoms with Gasteiger partial charge in [0.1, 0.15) is 0 Å². The summed E-state index contributed by atoms with van der Waals surface area (Å²) in [5, 5.41) is 8.66. The molecule has 0 spiro atoms. The van der Waals surface area contributed by atoms with Gasteiger partial charge >= 0.3 is 11.8 Å². The van der Waals surface area contributed by atoms with Gasteiger partial charge in [0.05, 0.1) is 6.61 Å². The molecule has 1 N–H and O–H groups in total. The number of aliphatic hydroxyl groups excluding tert-OH is 1. The first-order valence-electron chi connectivity index (χ1n) is 4.98. The van der Waals surface area contributed by atoms with E-state index in [1.54, 1.807) is 6.07 Å². The van der Waals surface area contributed by atoms with Crippen LogP contribution in [0.1, 0.15) is 11.7 Å². The SMILES string of the molecule is OC[C@H]1O[C@H](c2ccccc2)C(F)(F)C1(F)F. The first kappa shape index (κ1) is 12.3. The topological polar surface area (TPSA) is 29.5 Å². The molecule has 1 saturated heterocycles. The first-order chi connectivity index (χ1) is 7.91. The minimum absolute atomic E-state index is 0.0341. The number of ether oxygens (including phenoxy) is 1. The summed E-state index contributed by atoms with van der Waals surface area (Å²) in [5.41, 5.74) is -0.0341. The molecule has 2 rings (SSSR count). The Balaban J connectivity index is 2.38. The maximum absolute atomic E-state index is 13.5. The highest BCUT2D eigenvalue weighted by molar-refractivity contribution is 5.23. The summed E-state index contributed by atoms with van der Waals surface area (Å²) in [6.07, 6.45) is -4.21. The van der Waals surface area contributed by atoms with Gasteiger partial charge in [-0.25, -0.2) is 0 Å². The predicted molar refractivity (Wildman–Crippen MR) is 51.0 cm³/mol. The lowest BCUT2D eigenvalue weighted by atomic mass is 10.00. The van der Waals surface area contributed by atoms with Gasteiger partial charge in [-0.1, -0.05) is 30.3 Å². The van der Waals surface area contributed by atoms with Gasteiger partial charge in [0.15, 0.2) is 12.2 Å². The van der Waals surface area contributed by atoms with Crippen LogP contribution in [-0.2, 0) is 4.74 Å². The van der Waals surface area contributed by atoms with Crippen LogP contribution in [0, 0.1) is 0 Å². The second kappa shape index (κ2) is 3.96. The van der Waals surface area contributed by atoms with Gasteiger partial charge in [-0.15, -0.1) is 0 Å². The van der Waals surface area contributed by atoms with Crippen LogP contribution in [0.4, 0.5) is 17.6 Å². The first-order valence-corrected chi connectivity index (χ1v) is 4.98. The minimum Gasteiger partial charge on any atom is -0.393 e. The Morgan fingerprint density at radius 1 is 1.06 bits per heavy atom. The van der Waals surface area contributed by atoms with Crippen molar-refractivity contribution in [2.24, 2.45) is 0 Å². The van der Waals surface area contributed by atoms with Crippen molar-refractivity contribution in [3.05, 3.63) is 35.9 Å². The van der Waals surface area contributed by atoms with E-state index in [4.69, 9.17) is 5.11 Å². The third-order valence-electron chi connectivity index (χ3n) is 2.75. The predicted octanol–water partition coefficient (Wildman–Crippen LogP) is 2.39. The Hall–Kier alpha value is -1.14. The van der Waals surface area contributed by atoms with Crippen LogP contribution in [0.2, 0.25) is 0 Å². The summed E-state index contributed by atoms with van der Waals surface area (Å²) >= 11 is 0. The van der Waals surface area contributed by atoms with Crippen LogP contribution in [0.3, 0.4) is 0 Å². The molecule has 17 heavy (non-hydrogen) atoms. The van der Waals surface area contributed by atoms with E-state index in [9.17, 15) is 17.6 Å². The Labute approximate surface area is 94.8 Å². The van der Waals surface area contributed by atoms with Crippen molar-refractivity contribution in [1.82, 2.24) is 0 Å². The maximum Gasteiger partial charge on any atom is 0.342 e. The third kappa shape index (κ3) is 1.71. The second-order valence-corrected chi connectivity index (χ2v) is 3.84. The Morgan fingerprint density at radius 3 is 2.12 bits per heavy atom. The highest BCUT2D eigenvalue weighted by Crippen LogP contribution is 2.54. The number of hydrogen-bond acceptors (Lipinski definition) is 2. The molecule has 0 amide bonds. The number of aliphatic hydroxyl groups is 1. The summed E-state index contributed by atoms with van der Waals surface area (Å²) in [4.78, 5) is 0. The number of alkyl halides is 4. The lowest BCUT2D eigenvalue weighted by Gasteiger charge is -2.22. The average Bonchev–Trinajstić information content (AvgIpc) is 2.47. The van der Waals surface area contributed by atoms with Crippen molar-refractivity contribution < 1.29 is 27.4 Å². The highest BCUT2D eigenvalue weighted by Gasteiger charge is 2.72. The normalized spacial score (nSPS) is 30.4. The molecule has 2 nitrogen and oxygen atoms in total. The highest BCUT2D eigenvalue weighted by atomic mass is 19.3. The van der Waals surface area contributed by atoms with E-state index < -0.39 is 30.7 Å². The average molecular weight is 250 g/mol. The van der Waals surface area contributed by atoms with Crippen LogP contribution in [0.15, 0.2) is 30.3 Å². The lowest BCUT2D eigenvalue weighted by molar-refractivity contribution is -0.201. The zero-order valence-electron chi connectivity index (χ0n) is 8.62. The van der Waals surface area contributed by atoms with Crippen molar-refractivity contribution in [2.45, 2.75) is 24.1 Å². The quantitative estimate of drug-likeness (QED) is 0.817. The maximum atomic E-state index is 13.5. The molecule has 0 bridgehead atoms. The Kier molecular flexibility index (Phi) is 2.87. The number of hydrogen-bond donors (Lipinski definition) is 1. The lowest BCUT2D eigenvalue weighted by Crippen LogP contribution is -2.45. The molecule has 2 atom stereocenters. The minimum atomic E-state index is -4.37. The molecule has 0 radical (unpaired) electrons. The van der Waals surface area contributed by atoms with Crippen molar-refractivity contribution in [2.75, 3.05) is 6.61 Å². The molecule has 0 saturated carbocycles. The third-order valence-corrected chi connectivity index (χ3v) is 2.75. The molecule has 1 aliphatic heterocycles. The summed E-state index contributed by atoms with van der Waals surface area (Å²) in [6.45, 7) is -1.15. The van der Waals surface area contributed by atoms with E-state index in [-0.39, 0.29) is 5.56 Å². The summed E-state index contributed by atoms with van der Waals surface area (Å²) in [6, 6.07) is 7.07. The van der Waals surface area contributed by atoms with E-state index in [1.165, 1.54) is 24.3 Å². The van der Waals surface area contributed by atoms with Crippen LogP contribution in [0.25, 0.3) is 0 Å². The van der Waals surface area contributed by atoms with Crippen LogP contribution in [-0.4, -0.2) is 29.7 Å². The fourth-order valence-corrected chi connectivity index (χ4v) is 1.80. The fraction of sp³-hybridized carbons (Fsp3) is 0.455. The van der Waals surface area contributed by atoms with Crippen molar-refractivity contribution in [3.8, 4) is 0 Å². The van der Waals surface area contributed by atoms with Gasteiger partial charge in [-0.05, 0) is 5.56 Å². The van der Waals surface area contributed by atoms with E-state index in [2.05, 4.69) is 4.74 Å². The van der Waals surface area contributed by atoms with Gasteiger partial charge < -0.3 is 9.84 Å². The molecule has 94 valence electrons.